The van der Waals surface area contributed by atoms with Crippen LogP contribution < -0.4 is 14.9 Å². The summed E-state index contributed by atoms with van der Waals surface area (Å²) in [6, 6.07) is 10.3. The highest BCUT2D eigenvalue weighted by molar-refractivity contribution is 7.92. The lowest BCUT2D eigenvalue weighted by Crippen LogP contribution is -2.24. The summed E-state index contributed by atoms with van der Waals surface area (Å²) < 4.78 is 25.0. The highest BCUT2D eigenvalue weighted by atomic mass is 32.2. The second-order valence-corrected chi connectivity index (χ2v) is 8.10. The second kappa shape index (κ2) is 7.74. The van der Waals surface area contributed by atoms with E-state index in [4.69, 9.17) is 0 Å². The molecular formula is C18H22N4O3S. The van der Waals surface area contributed by atoms with Gasteiger partial charge in [-0.3, -0.25) is 9.52 Å². The van der Waals surface area contributed by atoms with E-state index in [0.29, 0.717) is 17.8 Å². The van der Waals surface area contributed by atoms with E-state index in [0.717, 1.165) is 30.7 Å². The number of pyridine rings is 1. The van der Waals surface area contributed by atoms with Gasteiger partial charge in [0.15, 0.2) is 0 Å². The van der Waals surface area contributed by atoms with Crippen LogP contribution in [0.5, 0.6) is 0 Å². The zero-order valence-electron chi connectivity index (χ0n) is 14.6. The van der Waals surface area contributed by atoms with Crippen LogP contribution in [0, 0.1) is 0 Å². The molecule has 1 amide bonds. The maximum absolute atomic E-state index is 12.4. The molecule has 0 atom stereocenters. The molecule has 0 saturated carbocycles. The van der Waals surface area contributed by atoms with Crippen molar-refractivity contribution in [3.05, 3.63) is 53.7 Å². The number of amides is 1. The molecule has 0 bridgehead atoms. The van der Waals surface area contributed by atoms with Gasteiger partial charge in [0.1, 0.15) is 5.82 Å². The average Bonchev–Trinajstić information content (AvgIpc) is 3.13. The zero-order chi connectivity index (χ0) is 18.6. The fourth-order valence-corrected chi connectivity index (χ4v) is 3.47. The molecule has 8 heteroatoms. The molecule has 1 saturated heterocycles. The standard InChI is InChI=1S/C18H22N4O3S/c1-26(24,25)21-16-6-4-5-15(12-16)18(23)20-13-14-7-8-19-17(11-14)22-9-2-3-10-22/h4-8,11-12,21H,2-3,9-10,13H2,1H3,(H,20,23). The normalized spacial score (nSPS) is 14.3. The number of rotatable bonds is 6. The Morgan fingerprint density at radius 3 is 2.69 bits per heavy atom. The number of aromatic nitrogens is 1. The Morgan fingerprint density at radius 2 is 1.96 bits per heavy atom. The number of hydrogen-bond acceptors (Lipinski definition) is 5. The number of carbonyl (C=O) groups is 1. The third-order valence-electron chi connectivity index (χ3n) is 4.12. The lowest BCUT2D eigenvalue weighted by Gasteiger charge is -2.17. The predicted octanol–water partition coefficient (Wildman–Crippen LogP) is 1.98. The number of anilines is 2. The average molecular weight is 374 g/mol. The van der Waals surface area contributed by atoms with Gasteiger partial charge in [-0.2, -0.15) is 0 Å². The summed E-state index contributed by atoms with van der Waals surface area (Å²) in [7, 11) is -3.38. The zero-order valence-corrected chi connectivity index (χ0v) is 15.4. The first kappa shape index (κ1) is 18.2. The number of carbonyl (C=O) groups excluding carboxylic acids is 1. The number of benzene rings is 1. The summed E-state index contributed by atoms with van der Waals surface area (Å²) in [5.41, 5.74) is 1.73. The fraction of sp³-hybridized carbons (Fsp3) is 0.333. The quantitative estimate of drug-likeness (QED) is 0.807. The molecule has 1 aliphatic rings. The Labute approximate surface area is 153 Å². The molecule has 2 aromatic rings. The van der Waals surface area contributed by atoms with Crippen LogP contribution in [0.2, 0.25) is 0 Å². The third-order valence-corrected chi connectivity index (χ3v) is 4.73. The third kappa shape index (κ3) is 4.95. The van der Waals surface area contributed by atoms with Gasteiger partial charge in [-0.05, 0) is 48.7 Å². The molecule has 0 radical (unpaired) electrons. The second-order valence-electron chi connectivity index (χ2n) is 6.35. The number of nitrogens with zero attached hydrogens (tertiary/aromatic N) is 2. The molecule has 2 N–H and O–H groups in total. The van der Waals surface area contributed by atoms with Gasteiger partial charge in [-0.15, -0.1) is 0 Å². The van der Waals surface area contributed by atoms with E-state index in [-0.39, 0.29) is 5.91 Å². The Balaban J connectivity index is 1.64. The van der Waals surface area contributed by atoms with Crippen LogP contribution in [0.4, 0.5) is 11.5 Å². The smallest absolute Gasteiger partial charge is 0.251 e. The Kier molecular flexibility index (Phi) is 5.41. The molecule has 1 fully saturated rings. The first-order valence-electron chi connectivity index (χ1n) is 8.47. The van der Waals surface area contributed by atoms with E-state index in [9.17, 15) is 13.2 Å². The minimum absolute atomic E-state index is 0.262. The molecule has 1 aromatic carbocycles. The Morgan fingerprint density at radius 1 is 1.19 bits per heavy atom. The number of nitrogens with one attached hydrogen (secondary N) is 2. The monoisotopic (exact) mass is 374 g/mol. The molecule has 3 rings (SSSR count). The van der Waals surface area contributed by atoms with Crippen LogP contribution >= 0.6 is 0 Å². The highest BCUT2D eigenvalue weighted by Crippen LogP contribution is 2.18. The minimum Gasteiger partial charge on any atom is -0.357 e. The van der Waals surface area contributed by atoms with Gasteiger partial charge < -0.3 is 10.2 Å². The SMILES string of the molecule is CS(=O)(=O)Nc1cccc(C(=O)NCc2ccnc(N3CCCC3)c2)c1. The van der Waals surface area contributed by atoms with Gasteiger partial charge in [0.2, 0.25) is 10.0 Å². The predicted molar refractivity (Wildman–Crippen MR) is 102 cm³/mol. The van der Waals surface area contributed by atoms with Gasteiger partial charge in [0, 0.05) is 37.1 Å². The highest BCUT2D eigenvalue weighted by Gasteiger charge is 2.14. The topological polar surface area (TPSA) is 91.4 Å². The van der Waals surface area contributed by atoms with Gasteiger partial charge in [0.05, 0.1) is 6.26 Å². The van der Waals surface area contributed by atoms with Crippen molar-refractivity contribution < 1.29 is 13.2 Å². The molecule has 1 aromatic heterocycles. The summed E-state index contributed by atoms with van der Waals surface area (Å²) in [5.74, 6) is 0.676. The lowest BCUT2D eigenvalue weighted by atomic mass is 10.2. The first-order valence-corrected chi connectivity index (χ1v) is 10.4. The van der Waals surface area contributed by atoms with Crippen molar-refractivity contribution >= 4 is 27.4 Å². The van der Waals surface area contributed by atoms with E-state index < -0.39 is 10.0 Å². The molecule has 26 heavy (non-hydrogen) atoms. The molecular weight excluding hydrogens is 352 g/mol. The van der Waals surface area contributed by atoms with Crippen LogP contribution in [0.1, 0.15) is 28.8 Å². The summed E-state index contributed by atoms with van der Waals surface area (Å²) in [6.45, 7) is 2.41. The van der Waals surface area contributed by atoms with Crippen LogP contribution in [0.15, 0.2) is 42.6 Å². The van der Waals surface area contributed by atoms with E-state index in [1.165, 1.54) is 18.9 Å². The molecule has 0 spiro atoms. The number of sulfonamides is 1. The Bertz CT molecular complexity index is 893. The summed E-state index contributed by atoms with van der Waals surface area (Å²) in [4.78, 5) is 19.0. The van der Waals surface area contributed by atoms with Gasteiger partial charge >= 0.3 is 0 Å². The molecule has 1 aliphatic heterocycles. The van der Waals surface area contributed by atoms with E-state index in [2.05, 4.69) is 19.9 Å². The molecule has 0 aliphatic carbocycles. The van der Waals surface area contributed by atoms with E-state index in [1.807, 2.05) is 12.1 Å². The van der Waals surface area contributed by atoms with Crippen LogP contribution in [-0.2, 0) is 16.6 Å². The summed E-state index contributed by atoms with van der Waals surface area (Å²) in [6.07, 6.45) is 5.19. The van der Waals surface area contributed by atoms with Crippen molar-refractivity contribution in [3.63, 3.8) is 0 Å². The maximum atomic E-state index is 12.4. The van der Waals surface area contributed by atoms with Crippen molar-refractivity contribution in [2.45, 2.75) is 19.4 Å². The fourth-order valence-electron chi connectivity index (χ4n) is 2.91. The van der Waals surface area contributed by atoms with Crippen LogP contribution in [0.25, 0.3) is 0 Å². The molecule has 2 heterocycles. The van der Waals surface area contributed by atoms with Crippen molar-refractivity contribution in [1.82, 2.24) is 10.3 Å². The van der Waals surface area contributed by atoms with Crippen LogP contribution in [0.3, 0.4) is 0 Å². The van der Waals surface area contributed by atoms with Crippen molar-refractivity contribution in [2.24, 2.45) is 0 Å². The van der Waals surface area contributed by atoms with E-state index in [1.54, 1.807) is 24.4 Å². The van der Waals surface area contributed by atoms with Gasteiger partial charge in [-0.25, -0.2) is 13.4 Å². The van der Waals surface area contributed by atoms with Crippen molar-refractivity contribution in [1.29, 1.82) is 0 Å². The van der Waals surface area contributed by atoms with E-state index >= 15 is 0 Å². The van der Waals surface area contributed by atoms with Crippen molar-refractivity contribution in [2.75, 3.05) is 29.0 Å². The summed E-state index contributed by atoms with van der Waals surface area (Å²) in [5, 5.41) is 2.86. The minimum atomic E-state index is -3.38. The van der Waals surface area contributed by atoms with Crippen LogP contribution in [-0.4, -0.2) is 38.7 Å². The maximum Gasteiger partial charge on any atom is 0.251 e. The first-order chi connectivity index (χ1) is 12.4. The molecule has 138 valence electrons. The largest absolute Gasteiger partial charge is 0.357 e. The lowest BCUT2D eigenvalue weighted by molar-refractivity contribution is 0.0951. The molecule has 0 unspecified atom stereocenters. The Hall–Kier alpha value is -2.61. The summed E-state index contributed by atoms with van der Waals surface area (Å²) >= 11 is 0. The molecule has 7 nitrogen and oxygen atoms in total. The van der Waals surface area contributed by atoms with Gasteiger partial charge in [-0.1, -0.05) is 6.07 Å². The van der Waals surface area contributed by atoms with Gasteiger partial charge in [0.25, 0.3) is 5.91 Å². The number of hydrogen-bond donors (Lipinski definition) is 2. The van der Waals surface area contributed by atoms with Crippen molar-refractivity contribution in [3.8, 4) is 0 Å².